The third kappa shape index (κ3) is 1.73. The summed E-state index contributed by atoms with van der Waals surface area (Å²) in [5.74, 6) is -0.150. The lowest BCUT2D eigenvalue weighted by Crippen LogP contribution is -2.33. The molecule has 0 bridgehead atoms. The Labute approximate surface area is 60.0 Å². The van der Waals surface area contributed by atoms with Crippen LogP contribution in [0.15, 0.2) is 0 Å². The summed E-state index contributed by atoms with van der Waals surface area (Å²) < 4.78 is 0. The number of amides is 1. The SMILES string of the molecule is CC1(NC(=O)CC#N)CC1. The zero-order chi connectivity index (χ0) is 7.61. The second-order valence-corrected chi connectivity index (χ2v) is 2.94. The van der Waals surface area contributed by atoms with Crippen LogP contribution in [0, 0.1) is 11.3 Å². The van der Waals surface area contributed by atoms with Crippen molar-refractivity contribution in [3.63, 3.8) is 0 Å². The van der Waals surface area contributed by atoms with E-state index in [1.807, 2.05) is 6.92 Å². The monoisotopic (exact) mass is 138 g/mol. The summed E-state index contributed by atoms with van der Waals surface area (Å²) in [6, 6.07) is 1.81. The van der Waals surface area contributed by atoms with Crippen LogP contribution in [0.2, 0.25) is 0 Å². The Morgan fingerprint density at radius 2 is 2.40 bits per heavy atom. The Hall–Kier alpha value is -1.04. The average Bonchev–Trinajstić information content (AvgIpc) is 2.48. The van der Waals surface area contributed by atoms with Gasteiger partial charge in [0, 0.05) is 5.54 Å². The topological polar surface area (TPSA) is 52.9 Å². The third-order valence-corrected chi connectivity index (χ3v) is 1.68. The first-order chi connectivity index (χ1) is 4.66. The van der Waals surface area contributed by atoms with Crippen molar-refractivity contribution in [3.8, 4) is 6.07 Å². The molecule has 1 saturated carbocycles. The molecular formula is C7H10N2O. The summed E-state index contributed by atoms with van der Waals surface area (Å²) in [5, 5.41) is 10.9. The van der Waals surface area contributed by atoms with Crippen LogP contribution in [-0.4, -0.2) is 11.4 Å². The van der Waals surface area contributed by atoms with Gasteiger partial charge in [0.05, 0.1) is 6.07 Å². The van der Waals surface area contributed by atoms with E-state index < -0.39 is 0 Å². The first-order valence-electron chi connectivity index (χ1n) is 3.34. The minimum absolute atomic E-state index is 0.0183. The van der Waals surface area contributed by atoms with Crippen molar-refractivity contribution in [1.82, 2.24) is 5.32 Å². The molecular weight excluding hydrogens is 128 g/mol. The molecule has 3 heteroatoms. The predicted molar refractivity (Wildman–Crippen MR) is 36.0 cm³/mol. The van der Waals surface area contributed by atoms with Crippen molar-refractivity contribution in [2.24, 2.45) is 0 Å². The van der Waals surface area contributed by atoms with Gasteiger partial charge in [-0.25, -0.2) is 0 Å². The number of nitrogens with one attached hydrogen (secondary N) is 1. The molecule has 0 saturated heterocycles. The van der Waals surface area contributed by atoms with Crippen LogP contribution in [0.3, 0.4) is 0 Å². The van der Waals surface area contributed by atoms with Crippen LogP contribution in [0.1, 0.15) is 26.2 Å². The fourth-order valence-corrected chi connectivity index (χ4v) is 0.765. The minimum atomic E-state index is -0.150. The van der Waals surface area contributed by atoms with Crippen LogP contribution in [0.5, 0.6) is 0 Å². The molecule has 10 heavy (non-hydrogen) atoms. The van der Waals surface area contributed by atoms with Crippen molar-refractivity contribution in [2.75, 3.05) is 0 Å². The van der Waals surface area contributed by atoms with E-state index in [-0.39, 0.29) is 17.9 Å². The van der Waals surface area contributed by atoms with E-state index in [1.165, 1.54) is 0 Å². The highest BCUT2D eigenvalue weighted by molar-refractivity contribution is 5.79. The zero-order valence-corrected chi connectivity index (χ0v) is 5.98. The Bertz CT molecular complexity index is 188. The molecule has 0 atom stereocenters. The first kappa shape index (κ1) is 7.07. The van der Waals surface area contributed by atoms with Gasteiger partial charge in [-0.2, -0.15) is 5.26 Å². The van der Waals surface area contributed by atoms with Gasteiger partial charge < -0.3 is 5.32 Å². The second-order valence-electron chi connectivity index (χ2n) is 2.94. The lowest BCUT2D eigenvalue weighted by atomic mass is 10.3. The molecule has 0 heterocycles. The highest BCUT2D eigenvalue weighted by Crippen LogP contribution is 2.34. The summed E-state index contributed by atoms with van der Waals surface area (Å²) in [6.45, 7) is 1.99. The van der Waals surface area contributed by atoms with Gasteiger partial charge >= 0.3 is 0 Å². The summed E-state index contributed by atoms with van der Waals surface area (Å²) in [4.78, 5) is 10.8. The van der Waals surface area contributed by atoms with Crippen molar-refractivity contribution < 1.29 is 4.79 Å². The van der Waals surface area contributed by atoms with Gasteiger partial charge in [0.25, 0.3) is 0 Å². The smallest absolute Gasteiger partial charge is 0.234 e. The zero-order valence-electron chi connectivity index (χ0n) is 5.98. The number of carbonyl (C=O) groups excluding carboxylic acids is 1. The van der Waals surface area contributed by atoms with Crippen LogP contribution < -0.4 is 5.32 Å². The normalized spacial score (nSPS) is 19.2. The van der Waals surface area contributed by atoms with E-state index in [1.54, 1.807) is 6.07 Å². The van der Waals surface area contributed by atoms with E-state index >= 15 is 0 Å². The van der Waals surface area contributed by atoms with E-state index in [9.17, 15) is 4.79 Å². The Morgan fingerprint density at radius 1 is 1.80 bits per heavy atom. The van der Waals surface area contributed by atoms with Gasteiger partial charge in [-0.05, 0) is 19.8 Å². The maximum Gasteiger partial charge on any atom is 0.234 e. The highest BCUT2D eigenvalue weighted by Gasteiger charge is 2.38. The summed E-state index contributed by atoms with van der Waals surface area (Å²) in [7, 11) is 0. The van der Waals surface area contributed by atoms with E-state index in [4.69, 9.17) is 5.26 Å². The number of hydrogen-bond donors (Lipinski definition) is 1. The summed E-state index contributed by atoms with van der Waals surface area (Å²) in [6.07, 6.45) is 2.07. The maximum atomic E-state index is 10.8. The van der Waals surface area contributed by atoms with Gasteiger partial charge in [0.15, 0.2) is 0 Å². The molecule has 1 amide bonds. The summed E-state index contributed by atoms with van der Waals surface area (Å²) in [5.41, 5.74) is 0.0218. The summed E-state index contributed by atoms with van der Waals surface area (Å²) >= 11 is 0. The van der Waals surface area contributed by atoms with Gasteiger partial charge in [-0.3, -0.25) is 4.79 Å². The molecule has 54 valence electrons. The van der Waals surface area contributed by atoms with Gasteiger partial charge in [0.2, 0.25) is 5.91 Å². The number of nitriles is 1. The van der Waals surface area contributed by atoms with E-state index in [0.29, 0.717) is 0 Å². The molecule has 0 aromatic rings. The quantitative estimate of drug-likeness (QED) is 0.606. The van der Waals surface area contributed by atoms with Crippen LogP contribution >= 0.6 is 0 Å². The number of hydrogen-bond acceptors (Lipinski definition) is 2. The van der Waals surface area contributed by atoms with Crippen molar-refractivity contribution in [2.45, 2.75) is 31.7 Å². The van der Waals surface area contributed by atoms with Crippen LogP contribution in [0.4, 0.5) is 0 Å². The largest absolute Gasteiger partial charge is 0.350 e. The fourth-order valence-electron chi connectivity index (χ4n) is 0.765. The molecule has 0 aromatic carbocycles. The molecule has 0 aromatic heterocycles. The Kier molecular flexibility index (Phi) is 1.62. The molecule has 0 spiro atoms. The number of rotatable bonds is 2. The minimum Gasteiger partial charge on any atom is -0.350 e. The standard InChI is InChI=1S/C7H10N2O/c1-7(3-4-7)9-6(10)2-5-8/h2-4H2,1H3,(H,9,10). The molecule has 1 rings (SSSR count). The van der Waals surface area contributed by atoms with E-state index in [2.05, 4.69) is 5.32 Å². The Morgan fingerprint density at radius 3 is 2.80 bits per heavy atom. The van der Waals surface area contributed by atoms with Crippen LogP contribution in [0.25, 0.3) is 0 Å². The molecule has 3 nitrogen and oxygen atoms in total. The molecule has 1 N–H and O–H groups in total. The van der Waals surface area contributed by atoms with Crippen LogP contribution in [-0.2, 0) is 4.79 Å². The highest BCUT2D eigenvalue weighted by atomic mass is 16.1. The molecule has 1 fully saturated rings. The number of carbonyl (C=O) groups is 1. The fraction of sp³-hybridized carbons (Fsp3) is 0.714. The molecule has 0 aliphatic heterocycles. The second kappa shape index (κ2) is 2.30. The van der Waals surface area contributed by atoms with E-state index in [0.717, 1.165) is 12.8 Å². The van der Waals surface area contributed by atoms with Crippen molar-refractivity contribution >= 4 is 5.91 Å². The predicted octanol–water partition coefficient (Wildman–Crippen LogP) is 0.569. The first-order valence-corrected chi connectivity index (χ1v) is 3.34. The maximum absolute atomic E-state index is 10.8. The third-order valence-electron chi connectivity index (χ3n) is 1.68. The molecule has 0 unspecified atom stereocenters. The van der Waals surface area contributed by atoms with Crippen molar-refractivity contribution in [1.29, 1.82) is 5.26 Å². The van der Waals surface area contributed by atoms with Crippen molar-refractivity contribution in [3.05, 3.63) is 0 Å². The van der Waals surface area contributed by atoms with Gasteiger partial charge in [-0.15, -0.1) is 0 Å². The van der Waals surface area contributed by atoms with Gasteiger partial charge in [0.1, 0.15) is 6.42 Å². The molecule has 0 radical (unpaired) electrons. The molecule has 1 aliphatic rings. The Balaban J connectivity index is 2.26. The lowest BCUT2D eigenvalue weighted by molar-refractivity contribution is -0.120. The lowest BCUT2D eigenvalue weighted by Gasteiger charge is -2.08. The van der Waals surface area contributed by atoms with Gasteiger partial charge in [-0.1, -0.05) is 0 Å². The average molecular weight is 138 g/mol. The molecule has 1 aliphatic carbocycles. The number of nitrogens with zero attached hydrogens (tertiary/aromatic N) is 1.